The van der Waals surface area contributed by atoms with Gasteiger partial charge < -0.3 is 58.7 Å². The Morgan fingerprint density at radius 1 is 0.892 bits per heavy atom. The molecular formula is C24H26O13. The molecule has 0 amide bonds. The average molecular weight is 522 g/mol. The molecule has 200 valence electrons. The SMILES string of the molecule is COc1ccc(-c2oc3cc(OC)c(O[C@@H]4O[C@H](CO)[C@@H](O)[C@H](O)[C@H]4O)c(O)c3c(=O)c2OC)cc1O. The Hall–Kier alpha value is -3.75. The Bertz CT molecular complexity index is 1350. The van der Waals surface area contributed by atoms with Gasteiger partial charge in [0, 0.05) is 11.6 Å². The molecule has 6 N–H and O–H groups in total. The fraction of sp³-hybridized carbons (Fsp3) is 0.375. The number of methoxy groups -OCH3 is 3. The number of benzene rings is 2. The minimum absolute atomic E-state index is 0.0537. The lowest BCUT2D eigenvalue weighted by Gasteiger charge is -2.39. The van der Waals surface area contributed by atoms with Gasteiger partial charge in [0.1, 0.15) is 35.4 Å². The van der Waals surface area contributed by atoms with Gasteiger partial charge in [-0.05, 0) is 18.2 Å². The number of hydrogen-bond donors (Lipinski definition) is 6. The smallest absolute Gasteiger partial charge is 0.239 e. The second kappa shape index (κ2) is 10.3. The molecule has 0 unspecified atom stereocenters. The molecule has 1 aromatic heterocycles. The molecule has 1 fully saturated rings. The van der Waals surface area contributed by atoms with Crippen molar-refractivity contribution < 1.29 is 58.7 Å². The van der Waals surface area contributed by atoms with Crippen LogP contribution >= 0.6 is 0 Å². The molecule has 13 nitrogen and oxygen atoms in total. The molecule has 2 aromatic carbocycles. The van der Waals surface area contributed by atoms with Crippen LogP contribution in [0.2, 0.25) is 0 Å². The van der Waals surface area contributed by atoms with Gasteiger partial charge in [-0.3, -0.25) is 4.79 Å². The van der Waals surface area contributed by atoms with Crippen molar-refractivity contribution >= 4 is 11.0 Å². The molecular weight excluding hydrogens is 496 g/mol. The quantitative estimate of drug-likeness (QED) is 0.244. The third-order valence-corrected chi connectivity index (χ3v) is 5.98. The van der Waals surface area contributed by atoms with E-state index in [0.29, 0.717) is 0 Å². The predicted octanol–water partition coefficient (Wildman–Crippen LogP) is 0.0757. The second-order valence-electron chi connectivity index (χ2n) is 8.13. The summed E-state index contributed by atoms with van der Waals surface area (Å²) in [7, 11) is 3.84. The van der Waals surface area contributed by atoms with Crippen LogP contribution in [0.3, 0.4) is 0 Å². The molecule has 1 aliphatic rings. The summed E-state index contributed by atoms with van der Waals surface area (Å²) in [6.07, 6.45) is -8.08. The fourth-order valence-electron chi connectivity index (χ4n) is 4.03. The third-order valence-electron chi connectivity index (χ3n) is 5.98. The van der Waals surface area contributed by atoms with E-state index in [2.05, 4.69) is 0 Å². The fourth-order valence-corrected chi connectivity index (χ4v) is 4.03. The van der Waals surface area contributed by atoms with Crippen LogP contribution in [0.1, 0.15) is 0 Å². The van der Waals surface area contributed by atoms with E-state index in [0.717, 1.165) is 0 Å². The number of aliphatic hydroxyl groups excluding tert-OH is 4. The summed E-state index contributed by atoms with van der Waals surface area (Å²) >= 11 is 0. The number of ether oxygens (including phenoxy) is 5. The van der Waals surface area contributed by atoms with E-state index >= 15 is 0 Å². The van der Waals surface area contributed by atoms with E-state index < -0.39 is 54.2 Å². The van der Waals surface area contributed by atoms with Gasteiger partial charge in [-0.25, -0.2) is 0 Å². The lowest BCUT2D eigenvalue weighted by Crippen LogP contribution is -2.60. The summed E-state index contributed by atoms with van der Waals surface area (Å²) in [6.45, 7) is -0.698. The molecule has 5 atom stereocenters. The highest BCUT2D eigenvalue weighted by Crippen LogP contribution is 2.45. The number of aromatic hydroxyl groups is 2. The molecule has 4 rings (SSSR count). The molecule has 1 aliphatic heterocycles. The van der Waals surface area contributed by atoms with Gasteiger partial charge in [0.15, 0.2) is 28.8 Å². The number of fused-ring (bicyclic) bond motifs is 1. The number of hydrogen-bond acceptors (Lipinski definition) is 13. The maximum absolute atomic E-state index is 13.4. The van der Waals surface area contributed by atoms with Gasteiger partial charge in [-0.15, -0.1) is 0 Å². The van der Waals surface area contributed by atoms with Crippen LogP contribution in [0.5, 0.6) is 34.5 Å². The summed E-state index contributed by atoms with van der Waals surface area (Å²) in [5, 5.41) is 60.6. The first-order chi connectivity index (χ1) is 17.7. The molecule has 0 saturated carbocycles. The minimum atomic E-state index is -1.78. The van der Waals surface area contributed by atoms with Crippen molar-refractivity contribution in [2.75, 3.05) is 27.9 Å². The first-order valence-electron chi connectivity index (χ1n) is 11.0. The van der Waals surface area contributed by atoms with Crippen LogP contribution in [0.25, 0.3) is 22.3 Å². The highest BCUT2D eigenvalue weighted by molar-refractivity contribution is 5.91. The van der Waals surface area contributed by atoms with Gasteiger partial charge in [-0.2, -0.15) is 0 Å². The van der Waals surface area contributed by atoms with Gasteiger partial charge in [-0.1, -0.05) is 0 Å². The summed E-state index contributed by atoms with van der Waals surface area (Å²) < 4.78 is 32.3. The van der Waals surface area contributed by atoms with Crippen molar-refractivity contribution in [1.29, 1.82) is 0 Å². The maximum Gasteiger partial charge on any atom is 0.239 e. The Balaban J connectivity index is 1.85. The van der Waals surface area contributed by atoms with Crippen molar-refractivity contribution in [2.24, 2.45) is 0 Å². The molecule has 0 aliphatic carbocycles. The average Bonchev–Trinajstić information content (AvgIpc) is 2.89. The number of rotatable bonds is 7. The van der Waals surface area contributed by atoms with Crippen molar-refractivity contribution in [3.05, 3.63) is 34.5 Å². The van der Waals surface area contributed by atoms with E-state index in [1.54, 1.807) is 0 Å². The Kier molecular flexibility index (Phi) is 7.34. The number of phenols is 2. The molecule has 1 saturated heterocycles. The highest BCUT2D eigenvalue weighted by Gasteiger charge is 2.45. The van der Waals surface area contributed by atoms with Crippen LogP contribution in [-0.4, -0.2) is 89.3 Å². The Morgan fingerprint density at radius 3 is 2.19 bits per heavy atom. The highest BCUT2D eigenvalue weighted by atomic mass is 16.7. The molecule has 37 heavy (non-hydrogen) atoms. The van der Waals surface area contributed by atoms with E-state index in [1.807, 2.05) is 0 Å². The van der Waals surface area contributed by atoms with Gasteiger partial charge in [0.2, 0.25) is 23.2 Å². The van der Waals surface area contributed by atoms with Crippen LogP contribution in [-0.2, 0) is 4.74 Å². The molecule has 0 spiro atoms. The summed E-state index contributed by atoms with van der Waals surface area (Å²) in [5.74, 6) is -1.70. The van der Waals surface area contributed by atoms with E-state index in [9.17, 15) is 35.4 Å². The van der Waals surface area contributed by atoms with Crippen LogP contribution < -0.4 is 24.4 Å². The first-order valence-corrected chi connectivity index (χ1v) is 11.0. The predicted molar refractivity (Wildman–Crippen MR) is 125 cm³/mol. The van der Waals surface area contributed by atoms with E-state index in [-0.39, 0.29) is 45.3 Å². The standard InChI is InChI=1S/C24H26O13/c1-32-11-5-4-9(6-10(11)26)21-23(34-3)18(29)15-12(35-21)7-13(33-2)22(17(15)28)37-24-20(31)19(30)16(27)14(8-25)36-24/h4-7,14,16,19-20,24-28,30-31H,8H2,1-3H3/t14-,16-,19+,20-,24+/m1/s1. The molecule has 0 bridgehead atoms. The van der Waals surface area contributed by atoms with Gasteiger partial charge in [0.25, 0.3) is 0 Å². The van der Waals surface area contributed by atoms with Gasteiger partial charge in [0.05, 0.1) is 27.9 Å². The van der Waals surface area contributed by atoms with Gasteiger partial charge >= 0.3 is 0 Å². The zero-order chi connectivity index (χ0) is 27.0. The zero-order valence-electron chi connectivity index (χ0n) is 19.9. The monoisotopic (exact) mass is 522 g/mol. The lowest BCUT2D eigenvalue weighted by atomic mass is 9.99. The third kappa shape index (κ3) is 4.47. The summed E-state index contributed by atoms with van der Waals surface area (Å²) in [6, 6.07) is 5.53. The first kappa shape index (κ1) is 26.3. The van der Waals surface area contributed by atoms with Crippen LogP contribution in [0.4, 0.5) is 0 Å². The van der Waals surface area contributed by atoms with Crippen LogP contribution in [0, 0.1) is 0 Å². The van der Waals surface area contributed by atoms with Crippen molar-refractivity contribution in [3.8, 4) is 45.8 Å². The molecule has 0 radical (unpaired) electrons. The Labute approximate surface area is 209 Å². The summed E-state index contributed by atoms with van der Waals surface area (Å²) in [4.78, 5) is 13.4. The van der Waals surface area contributed by atoms with E-state index in [1.165, 1.54) is 45.6 Å². The van der Waals surface area contributed by atoms with Crippen molar-refractivity contribution in [3.63, 3.8) is 0 Å². The maximum atomic E-state index is 13.4. The molecule has 13 heteroatoms. The van der Waals surface area contributed by atoms with Crippen LogP contribution in [0.15, 0.2) is 33.5 Å². The van der Waals surface area contributed by atoms with Crippen molar-refractivity contribution in [2.45, 2.75) is 30.7 Å². The lowest BCUT2D eigenvalue weighted by molar-refractivity contribution is -0.277. The topological polar surface area (TPSA) is 198 Å². The minimum Gasteiger partial charge on any atom is -0.504 e. The van der Waals surface area contributed by atoms with Crippen molar-refractivity contribution in [1.82, 2.24) is 0 Å². The number of aliphatic hydroxyl groups is 4. The normalized spacial score (nSPS) is 23.6. The number of phenolic OH excluding ortho intramolecular Hbond substituents is 2. The zero-order valence-corrected chi connectivity index (χ0v) is 19.9. The summed E-state index contributed by atoms with van der Waals surface area (Å²) in [5.41, 5.74) is -0.659. The Morgan fingerprint density at radius 2 is 1.59 bits per heavy atom. The largest absolute Gasteiger partial charge is 0.504 e. The molecule has 2 heterocycles. The second-order valence-corrected chi connectivity index (χ2v) is 8.13. The van der Waals surface area contributed by atoms with E-state index in [4.69, 9.17) is 28.1 Å². The molecule has 3 aromatic rings.